The molecular formula is C16H19ClO2. The van der Waals surface area contributed by atoms with E-state index in [0.29, 0.717) is 12.5 Å². The minimum absolute atomic E-state index is 0.181. The van der Waals surface area contributed by atoms with E-state index in [4.69, 9.17) is 21.1 Å². The second-order valence-electron chi connectivity index (χ2n) is 4.68. The molecule has 1 aromatic rings. The zero-order valence-corrected chi connectivity index (χ0v) is 12.0. The van der Waals surface area contributed by atoms with Crippen molar-refractivity contribution >= 4 is 11.6 Å². The highest BCUT2D eigenvalue weighted by atomic mass is 35.5. The van der Waals surface area contributed by atoms with E-state index in [-0.39, 0.29) is 6.10 Å². The topological polar surface area (TPSA) is 18.5 Å². The summed E-state index contributed by atoms with van der Waals surface area (Å²) >= 11 is 5.60. The number of aryl methyl sites for hydroxylation is 1. The molecule has 1 aliphatic rings. The molecule has 102 valence electrons. The largest absolute Gasteiger partial charge is 0.488 e. The Hall–Kier alpha value is -1.17. The Kier molecular flexibility index (Phi) is 5.57. The van der Waals surface area contributed by atoms with Crippen LogP contribution in [0.5, 0.6) is 5.75 Å². The first kappa shape index (κ1) is 14.2. The van der Waals surface area contributed by atoms with Crippen molar-refractivity contribution < 1.29 is 9.47 Å². The van der Waals surface area contributed by atoms with Crippen molar-refractivity contribution in [2.24, 2.45) is 0 Å². The van der Waals surface area contributed by atoms with Crippen LogP contribution < -0.4 is 4.74 Å². The lowest BCUT2D eigenvalue weighted by molar-refractivity contribution is 0.00715. The predicted octanol–water partition coefficient (Wildman–Crippen LogP) is 3.53. The zero-order valence-electron chi connectivity index (χ0n) is 11.2. The Labute approximate surface area is 120 Å². The standard InChI is InChI=1S/C16H19ClO2/c1-13-11-14(5-2-3-9-17)7-8-16(13)19-15-6-4-10-18-12-15/h7-8,11,15H,3-4,6,9-10,12H2,1H3. The van der Waals surface area contributed by atoms with Crippen molar-refractivity contribution in [2.45, 2.75) is 32.3 Å². The van der Waals surface area contributed by atoms with Gasteiger partial charge in [-0.25, -0.2) is 0 Å². The quantitative estimate of drug-likeness (QED) is 0.622. The van der Waals surface area contributed by atoms with Crippen LogP contribution in [0.2, 0.25) is 0 Å². The van der Waals surface area contributed by atoms with E-state index in [0.717, 1.165) is 42.7 Å². The fourth-order valence-corrected chi connectivity index (χ4v) is 2.15. The number of hydrogen-bond acceptors (Lipinski definition) is 2. The number of rotatable bonds is 3. The van der Waals surface area contributed by atoms with E-state index in [2.05, 4.69) is 17.9 Å². The Morgan fingerprint density at radius 2 is 2.37 bits per heavy atom. The van der Waals surface area contributed by atoms with E-state index in [1.165, 1.54) is 0 Å². The summed E-state index contributed by atoms with van der Waals surface area (Å²) < 4.78 is 11.4. The molecule has 0 aliphatic carbocycles. The van der Waals surface area contributed by atoms with Gasteiger partial charge in [0.15, 0.2) is 0 Å². The third kappa shape index (κ3) is 4.45. The van der Waals surface area contributed by atoms with E-state index in [1.54, 1.807) is 0 Å². The number of hydrogen-bond donors (Lipinski definition) is 0. The highest BCUT2D eigenvalue weighted by molar-refractivity contribution is 6.18. The Balaban J connectivity index is 2.00. The van der Waals surface area contributed by atoms with Gasteiger partial charge in [-0.3, -0.25) is 0 Å². The smallest absolute Gasteiger partial charge is 0.122 e. The third-order valence-corrected chi connectivity index (χ3v) is 3.23. The molecule has 1 aromatic carbocycles. The van der Waals surface area contributed by atoms with Gasteiger partial charge in [0.25, 0.3) is 0 Å². The molecule has 1 fully saturated rings. The summed E-state index contributed by atoms with van der Waals surface area (Å²) in [4.78, 5) is 0. The minimum Gasteiger partial charge on any atom is -0.488 e. The lowest BCUT2D eigenvalue weighted by Gasteiger charge is -2.24. The Morgan fingerprint density at radius 1 is 1.47 bits per heavy atom. The highest BCUT2D eigenvalue weighted by Gasteiger charge is 2.16. The molecule has 1 atom stereocenters. The van der Waals surface area contributed by atoms with Gasteiger partial charge in [-0.1, -0.05) is 11.8 Å². The van der Waals surface area contributed by atoms with Gasteiger partial charge in [0, 0.05) is 24.5 Å². The average Bonchev–Trinajstić information content (AvgIpc) is 2.43. The minimum atomic E-state index is 0.181. The van der Waals surface area contributed by atoms with Crippen molar-refractivity contribution in [3.8, 4) is 17.6 Å². The maximum absolute atomic E-state index is 5.97. The molecule has 0 N–H and O–H groups in total. The molecule has 0 aromatic heterocycles. The maximum Gasteiger partial charge on any atom is 0.122 e. The van der Waals surface area contributed by atoms with E-state index < -0.39 is 0 Å². The van der Waals surface area contributed by atoms with E-state index >= 15 is 0 Å². The SMILES string of the molecule is Cc1cc(C#CCCCl)ccc1OC1CCCOC1. The number of halogens is 1. The number of benzene rings is 1. The van der Waals surface area contributed by atoms with Crippen molar-refractivity contribution in [3.05, 3.63) is 29.3 Å². The first-order chi connectivity index (χ1) is 9.29. The first-order valence-corrected chi connectivity index (χ1v) is 7.23. The summed E-state index contributed by atoms with van der Waals surface area (Å²) in [5, 5.41) is 0. The van der Waals surface area contributed by atoms with Gasteiger partial charge in [0.1, 0.15) is 11.9 Å². The summed E-state index contributed by atoms with van der Waals surface area (Å²) in [6.45, 7) is 3.59. The van der Waals surface area contributed by atoms with Gasteiger partial charge in [-0.05, 0) is 43.5 Å². The summed E-state index contributed by atoms with van der Waals surface area (Å²) in [6, 6.07) is 6.04. The van der Waals surface area contributed by atoms with Crippen molar-refractivity contribution in [2.75, 3.05) is 19.1 Å². The van der Waals surface area contributed by atoms with E-state index in [1.807, 2.05) is 19.1 Å². The van der Waals surface area contributed by atoms with E-state index in [9.17, 15) is 0 Å². The van der Waals surface area contributed by atoms with Crippen LogP contribution >= 0.6 is 11.6 Å². The molecule has 1 aliphatic heterocycles. The molecule has 0 saturated carbocycles. The molecule has 0 amide bonds. The Bertz CT molecular complexity index is 467. The lowest BCUT2D eigenvalue weighted by atomic mass is 10.1. The first-order valence-electron chi connectivity index (χ1n) is 6.69. The average molecular weight is 279 g/mol. The van der Waals surface area contributed by atoms with Crippen LogP contribution in [0, 0.1) is 18.8 Å². The van der Waals surface area contributed by atoms with Crippen LogP contribution in [-0.2, 0) is 4.74 Å². The fraction of sp³-hybridized carbons (Fsp3) is 0.500. The van der Waals surface area contributed by atoms with Crippen molar-refractivity contribution in [1.82, 2.24) is 0 Å². The zero-order chi connectivity index (χ0) is 13.5. The van der Waals surface area contributed by atoms with Crippen molar-refractivity contribution in [3.63, 3.8) is 0 Å². The second-order valence-corrected chi connectivity index (χ2v) is 5.06. The van der Waals surface area contributed by atoms with Gasteiger partial charge in [0.05, 0.1) is 6.61 Å². The fourth-order valence-electron chi connectivity index (χ4n) is 2.05. The number of ether oxygens (including phenoxy) is 2. The summed E-state index contributed by atoms with van der Waals surface area (Å²) in [6.07, 6.45) is 3.04. The van der Waals surface area contributed by atoms with Gasteiger partial charge in [-0.15, -0.1) is 11.6 Å². The summed E-state index contributed by atoms with van der Waals surface area (Å²) in [5.41, 5.74) is 2.12. The van der Waals surface area contributed by atoms with Gasteiger partial charge < -0.3 is 9.47 Å². The molecule has 3 heteroatoms. The maximum atomic E-state index is 5.97. The molecule has 0 spiro atoms. The predicted molar refractivity (Wildman–Crippen MR) is 77.9 cm³/mol. The van der Waals surface area contributed by atoms with Crippen LogP contribution in [0.15, 0.2) is 18.2 Å². The highest BCUT2D eigenvalue weighted by Crippen LogP contribution is 2.22. The van der Waals surface area contributed by atoms with Crippen LogP contribution in [0.25, 0.3) is 0 Å². The third-order valence-electron chi connectivity index (χ3n) is 3.04. The van der Waals surface area contributed by atoms with Crippen LogP contribution in [-0.4, -0.2) is 25.2 Å². The monoisotopic (exact) mass is 278 g/mol. The molecule has 1 unspecified atom stereocenters. The van der Waals surface area contributed by atoms with Gasteiger partial charge in [-0.2, -0.15) is 0 Å². The van der Waals surface area contributed by atoms with Crippen LogP contribution in [0.4, 0.5) is 0 Å². The number of alkyl halides is 1. The van der Waals surface area contributed by atoms with Crippen molar-refractivity contribution in [1.29, 1.82) is 0 Å². The van der Waals surface area contributed by atoms with Crippen LogP contribution in [0.1, 0.15) is 30.4 Å². The normalized spacial score (nSPS) is 18.5. The molecular weight excluding hydrogens is 260 g/mol. The molecule has 1 heterocycles. The molecule has 0 radical (unpaired) electrons. The lowest BCUT2D eigenvalue weighted by Crippen LogP contribution is -2.28. The summed E-state index contributed by atoms with van der Waals surface area (Å²) in [5.74, 6) is 7.65. The molecule has 1 saturated heterocycles. The van der Waals surface area contributed by atoms with Gasteiger partial charge in [0.2, 0.25) is 0 Å². The molecule has 0 bridgehead atoms. The van der Waals surface area contributed by atoms with Crippen LogP contribution in [0.3, 0.4) is 0 Å². The van der Waals surface area contributed by atoms with Gasteiger partial charge >= 0.3 is 0 Å². The molecule has 19 heavy (non-hydrogen) atoms. The summed E-state index contributed by atoms with van der Waals surface area (Å²) in [7, 11) is 0. The Morgan fingerprint density at radius 3 is 3.05 bits per heavy atom. The molecule has 2 nitrogen and oxygen atoms in total. The second kappa shape index (κ2) is 7.43. The molecule has 2 rings (SSSR count).